The van der Waals surface area contributed by atoms with Gasteiger partial charge in [-0.3, -0.25) is 4.79 Å². The summed E-state index contributed by atoms with van der Waals surface area (Å²) in [5, 5.41) is 14.6. The number of rotatable bonds is 5. The number of hydrogen-bond acceptors (Lipinski definition) is 6. The van der Waals surface area contributed by atoms with Crippen molar-refractivity contribution >= 4 is 28.2 Å². The smallest absolute Gasteiger partial charge is 0.287 e. The molecule has 6 nitrogen and oxygen atoms in total. The van der Waals surface area contributed by atoms with Gasteiger partial charge in [0.15, 0.2) is 0 Å². The van der Waals surface area contributed by atoms with Crippen molar-refractivity contribution in [3.63, 3.8) is 0 Å². The van der Waals surface area contributed by atoms with Crippen molar-refractivity contribution in [2.75, 3.05) is 17.2 Å². The van der Waals surface area contributed by atoms with E-state index in [0.29, 0.717) is 16.0 Å². The Morgan fingerprint density at radius 3 is 3.00 bits per heavy atom. The lowest BCUT2D eigenvalue weighted by molar-refractivity contribution is 0.102. The molecule has 19 heavy (non-hydrogen) atoms. The van der Waals surface area contributed by atoms with Crippen LogP contribution in [0.25, 0.3) is 0 Å². The van der Waals surface area contributed by atoms with Gasteiger partial charge in [-0.05, 0) is 25.0 Å². The molecule has 0 atom stereocenters. The van der Waals surface area contributed by atoms with Crippen LogP contribution in [0.2, 0.25) is 0 Å². The van der Waals surface area contributed by atoms with Crippen LogP contribution in [0.3, 0.4) is 0 Å². The highest BCUT2D eigenvalue weighted by molar-refractivity contribution is 7.17. The first kappa shape index (κ1) is 13.4. The maximum Gasteiger partial charge on any atom is 0.287 e. The van der Waals surface area contributed by atoms with Gasteiger partial charge in [-0.2, -0.15) is 0 Å². The summed E-state index contributed by atoms with van der Waals surface area (Å²) in [6.45, 7) is 4.76. The first-order valence-corrected chi connectivity index (χ1v) is 6.82. The van der Waals surface area contributed by atoms with E-state index in [-0.39, 0.29) is 5.91 Å². The molecule has 0 fully saturated rings. The van der Waals surface area contributed by atoms with Gasteiger partial charge < -0.3 is 10.6 Å². The second-order valence-corrected chi connectivity index (χ2v) is 4.94. The largest absolute Gasteiger partial charge is 0.360 e. The fourth-order valence-electron chi connectivity index (χ4n) is 1.40. The van der Waals surface area contributed by atoms with E-state index in [1.165, 1.54) is 11.3 Å². The lowest BCUT2D eigenvalue weighted by Gasteiger charge is -2.03. The molecule has 0 radical (unpaired) electrons. The lowest BCUT2D eigenvalue weighted by Crippen LogP contribution is -2.13. The topological polar surface area (TPSA) is 79.8 Å². The van der Waals surface area contributed by atoms with Crippen molar-refractivity contribution in [1.82, 2.24) is 15.2 Å². The normalized spacial score (nSPS) is 10.2. The summed E-state index contributed by atoms with van der Waals surface area (Å²) in [6.07, 6.45) is 2.63. The number of anilines is 2. The minimum atomic E-state index is -0.288. The standard InChI is InChI=1S/C12H15N5OS/c1-3-6-14-12-17-16-11(19-12)10(18)15-9-8(2)5-4-7-13-9/h4-5,7H,3,6H2,1-2H3,(H,14,17)(H,13,15,18). The Balaban J connectivity index is 2.04. The van der Waals surface area contributed by atoms with Crippen molar-refractivity contribution in [3.05, 3.63) is 28.9 Å². The number of carbonyl (C=O) groups is 1. The molecule has 7 heteroatoms. The van der Waals surface area contributed by atoms with Gasteiger partial charge in [-0.25, -0.2) is 4.98 Å². The SMILES string of the molecule is CCCNc1nnc(C(=O)Nc2ncccc2C)s1. The zero-order valence-corrected chi connectivity index (χ0v) is 11.6. The molecule has 0 saturated heterocycles. The molecule has 0 aromatic carbocycles. The number of hydrogen-bond donors (Lipinski definition) is 2. The van der Waals surface area contributed by atoms with Gasteiger partial charge in [0, 0.05) is 12.7 Å². The molecule has 2 aromatic rings. The van der Waals surface area contributed by atoms with Crippen LogP contribution in [0, 0.1) is 6.92 Å². The van der Waals surface area contributed by atoms with E-state index in [0.717, 1.165) is 18.5 Å². The average Bonchev–Trinajstić information content (AvgIpc) is 2.88. The van der Waals surface area contributed by atoms with Gasteiger partial charge in [-0.1, -0.05) is 24.3 Å². The van der Waals surface area contributed by atoms with E-state index in [9.17, 15) is 4.79 Å². The van der Waals surface area contributed by atoms with Crippen molar-refractivity contribution in [2.24, 2.45) is 0 Å². The third kappa shape index (κ3) is 3.47. The number of amides is 1. The summed E-state index contributed by atoms with van der Waals surface area (Å²) in [5.41, 5.74) is 0.907. The fourth-order valence-corrected chi connectivity index (χ4v) is 2.06. The molecule has 0 aliphatic carbocycles. The van der Waals surface area contributed by atoms with Gasteiger partial charge in [0.1, 0.15) is 5.82 Å². The first-order chi connectivity index (χ1) is 9.20. The van der Waals surface area contributed by atoms with E-state index in [4.69, 9.17) is 0 Å². The lowest BCUT2D eigenvalue weighted by atomic mass is 10.3. The van der Waals surface area contributed by atoms with Gasteiger partial charge >= 0.3 is 0 Å². The van der Waals surface area contributed by atoms with Crippen molar-refractivity contribution in [2.45, 2.75) is 20.3 Å². The minimum Gasteiger partial charge on any atom is -0.360 e. The third-order valence-corrected chi connectivity index (χ3v) is 3.27. The predicted molar refractivity (Wildman–Crippen MR) is 75.6 cm³/mol. The van der Waals surface area contributed by atoms with E-state index >= 15 is 0 Å². The molecule has 0 spiro atoms. The highest BCUT2D eigenvalue weighted by Gasteiger charge is 2.14. The van der Waals surface area contributed by atoms with Crippen LogP contribution >= 0.6 is 11.3 Å². The molecule has 0 aliphatic heterocycles. The molecule has 0 saturated carbocycles. The average molecular weight is 277 g/mol. The maximum atomic E-state index is 12.0. The Morgan fingerprint density at radius 2 is 2.26 bits per heavy atom. The monoisotopic (exact) mass is 277 g/mol. The molecule has 1 amide bonds. The quantitative estimate of drug-likeness (QED) is 0.876. The Labute approximate surface area is 115 Å². The molecule has 0 bridgehead atoms. The summed E-state index contributed by atoms with van der Waals surface area (Å²) >= 11 is 1.23. The van der Waals surface area contributed by atoms with Gasteiger partial charge in [0.05, 0.1) is 0 Å². The van der Waals surface area contributed by atoms with Crippen LogP contribution in [-0.4, -0.2) is 27.6 Å². The zero-order valence-electron chi connectivity index (χ0n) is 10.8. The number of nitrogens with one attached hydrogen (secondary N) is 2. The molecule has 2 aromatic heterocycles. The maximum absolute atomic E-state index is 12.0. The van der Waals surface area contributed by atoms with Gasteiger partial charge in [0.2, 0.25) is 10.1 Å². The molecular formula is C12H15N5OS. The van der Waals surface area contributed by atoms with Crippen LogP contribution < -0.4 is 10.6 Å². The van der Waals surface area contributed by atoms with Crippen LogP contribution in [0.4, 0.5) is 10.9 Å². The number of pyridine rings is 1. The van der Waals surface area contributed by atoms with E-state index in [1.54, 1.807) is 6.20 Å². The van der Waals surface area contributed by atoms with Crippen molar-refractivity contribution in [1.29, 1.82) is 0 Å². The van der Waals surface area contributed by atoms with Crippen LogP contribution in [0.15, 0.2) is 18.3 Å². The summed E-state index contributed by atoms with van der Waals surface area (Å²) in [5.74, 6) is 0.259. The highest BCUT2D eigenvalue weighted by Crippen LogP contribution is 2.17. The first-order valence-electron chi connectivity index (χ1n) is 6.01. The van der Waals surface area contributed by atoms with E-state index in [1.807, 2.05) is 19.1 Å². The van der Waals surface area contributed by atoms with Crippen molar-refractivity contribution < 1.29 is 4.79 Å². The zero-order chi connectivity index (χ0) is 13.7. The summed E-state index contributed by atoms with van der Waals surface area (Å²) in [6, 6.07) is 3.71. The number of aryl methyl sites for hydroxylation is 1. The molecule has 0 unspecified atom stereocenters. The molecule has 2 N–H and O–H groups in total. The molecule has 2 heterocycles. The fraction of sp³-hybridized carbons (Fsp3) is 0.333. The van der Waals surface area contributed by atoms with Crippen LogP contribution in [-0.2, 0) is 0 Å². The molecule has 0 aliphatic rings. The number of carbonyl (C=O) groups excluding carboxylic acids is 1. The van der Waals surface area contributed by atoms with Crippen molar-refractivity contribution in [3.8, 4) is 0 Å². The van der Waals surface area contributed by atoms with E-state index < -0.39 is 0 Å². The summed E-state index contributed by atoms with van der Waals surface area (Å²) in [4.78, 5) is 16.1. The van der Waals surface area contributed by atoms with E-state index in [2.05, 4.69) is 32.7 Å². The third-order valence-electron chi connectivity index (χ3n) is 2.39. The molecule has 100 valence electrons. The summed E-state index contributed by atoms with van der Waals surface area (Å²) < 4.78 is 0. The Bertz CT molecular complexity index is 569. The van der Waals surface area contributed by atoms with Crippen LogP contribution in [0.5, 0.6) is 0 Å². The Kier molecular flexibility index (Phi) is 4.40. The van der Waals surface area contributed by atoms with Gasteiger partial charge in [-0.15, -0.1) is 10.2 Å². The predicted octanol–water partition coefficient (Wildman–Crippen LogP) is 2.32. The van der Waals surface area contributed by atoms with Crippen LogP contribution in [0.1, 0.15) is 28.7 Å². The Hall–Kier alpha value is -2.02. The second kappa shape index (κ2) is 6.24. The molecular weight excluding hydrogens is 262 g/mol. The molecule has 2 rings (SSSR count). The Morgan fingerprint density at radius 1 is 1.42 bits per heavy atom. The second-order valence-electron chi connectivity index (χ2n) is 3.96. The van der Waals surface area contributed by atoms with Gasteiger partial charge in [0.25, 0.3) is 5.91 Å². The number of aromatic nitrogens is 3. The minimum absolute atomic E-state index is 0.288. The summed E-state index contributed by atoms with van der Waals surface area (Å²) in [7, 11) is 0. The highest BCUT2D eigenvalue weighted by atomic mass is 32.1. The number of nitrogens with zero attached hydrogens (tertiary/aromatic N) is 3.